The molecule has 0 saturated heterocycles. The number of benzene rings is 2. The molecule has 0 aliphatic rings. The van der Waals surface area contributed by atoms with Crippen molar-refractivity contribution in [3.05, 3.63) is 65.8 Å². The Kier molecular flexibility index (Phi) is 6.53. The van der Waals surface area contributed by atoms with Crippen LogP contribution in [0, 0.1) is 5.82 Å². The molecule has 0 radical (unpaired) electrons. The number of nitrogens with one attached hydrogen (secondary N) is 1. The van der Waals surface area contributed by atoms with Crippen molar-refractivity contribution < 1.29 is 18.3 Å². The lowest BCUT2D eigenvalue weighted by Gasteiger charge is -2.19. The number of carbonyl (C=O) groups is 1. The molecule has 0 aliphatic heterocycles. The Balaban J connectivity index is 1.46. The lowest BCUT2D eigenvalue weighted by molar-refractivity contribution is -0.113. The Morgan fingerprint density at radius 3 is 2.62 bits per heavy atom. The fourth-order valence-electron chi connectivity index (χ4n) is 2.44. The van der Waals surface area contributed by atoms with Crippen molar-refractivity contribution in [2.24, 2.45) is 0 Å². The number of nitrogens with zero attached hydrogens (tertiary/aromatic N) is 2. The summed E-state index contributed by atoms with van der Waals surface area (Å²) in [6.07, 6.45) is 0. The smallest absolute Gasteiger partial charge is 0.277 e. The molecule has 0 fully saturated rings. The van der Waals surface area contributed by atoms with E-state index < -0.39 is 5.82 Å². The molecule has 8 heteroatoms. The average molecular weight is 415 g/mol. The molecule has 1 aromatic heterocycles. The quantitative estimate of drug-likeness (QED) is 0.558. The molecule has 6 nitrogen and oxygen atoms in total. The first kappa shape index (κ1) is 20.9. The normalized spacial score (nSPS) is 11.3. The van der Waals surface area contributed by atoms with Crippen molar-refractivity contribution in [3.63, 3.8) is 0 Å². The number of thioether (sulfide) groups is 1. The average Bonchev–Trinajstić information content (AvgIpc) is 3.12. The predicted octanol–water partition coefficient (Wildman–Crippen LogP) is 4.82. The van der Waals surface area contributed by atoms with Crippen LogP contribution in [0.1, 0.15) is 32.2 Å². The standard InChI is InChI=1S/C21H22FN3O3S/c1-21(2,3)14-7-9-17(10-8-14)27-12-19-24-25-20(28-19)29-13-18(26)23-16-6-4-5-15(22)11-16/h4-11H,12-13H2,1-3H3,(H,23,26). The molecule has 0 unspecified atom stereocenters. The second-order valence-corrected chi connectivity index (χ2v) is 8.30. The van der Waals surface area contributed by atoms with Crippen molar-refractivity contribution in [2.45, 2.75) is 38.0 Å². The summed E-state index contributed by atoms with van der Waals surface area (Å²) < 4.78 is 24.3. The van der Waals surface area contributed by atoms with Crippen LogP contribution in [0.15, 0.2) is 58.2 Å². The van der Waals surface area contributed by atoms with Crippen LogP contribution >= 0.6 is 11.8 Å². The molecule has 29 heavy (non-hydrogen) atoms. The van der Waals surface area contributed by atoms with Crippen LogP contribution in [0.2, 0.25) is 0 Å². The Morgan fingerprint density at radius 1 is 1.17 bits per heavy atom. The Labute approximate surface area is 172 Å². The van der Waals surface area contributed by atoms with E-state index in [-0.39, 0.29) is 28.9 Å². The van der Waals surface area contributed by atoms with Crippen LogP contribution in [-0.4, -0.2) is 21.9 Å². The molecule has 152 valence electrons. The molecule has 1 heterocycles. The first-order valence-corrected chi connectivity index (χ1v) is 10.0. The van der Waals surface area contributed by atoms with Gasteiger partial charge < -0.3 is 14.5 Å². The van der Waals surface area contributed by atoms with E-state index in [1.54, 1.807) is 6.07 Å². The molecule has 0 saturated carbocycles. The van der Waals surface area contributed by atoms with Crippen molar-refractivity contribution in [1.82, 2.24) is 10.2 Å². The minimum atomic E-state index is -0.412. The molecule has 1 N–H and O–H groups in total. The topological polar surface area (TPSA) is 77.2 Å². The van der Waals surface area contributed by atoms with E-state index in [0.717, 1.165) is 11.8 Å². The van der Waals surface area contributed by atoms with Crippen molar-refractivity contribution in [3.8, 4) is 5.75 Å². The van der Waals surface area contributed by atoms with Gasteiger partial charge in [0.05, 0.1) is 5.75 Å². The number of halogens is 1. The summed E-state index contributed by atoms with van der Waals surface area (Å²) in [5.41, 5.74) is 1.70. The van der Waals surface area contributed by atoms with Gasteiger partial charge in [-0.3, -0.25) is 4.79 Å². The molecule has 3 aromatic rings. The molecule has 0 spiro atoms. The van der Waals surface area contributed by atoms with Crippen LogP contribution in [0.25, 0.3) is 0 Å². The van der Waals surface area contributed by atoms with E-state index >= 15 is 0 Å². The molecular formula is C21H22FN3O3S. The monoisotopic (exact) mass is 415 g/mol. The van der Waals surface area contributed by atoms with Crippen LogP contribution in [-0.2, 0) is 16.8 Å². The number of carbonyl (C=O) groups excluding carboxylic acids is 1. The third kappa shape index (κ3) is 6.32. The number of anilines is 1. The van der Waals surface area contributed by atoms with E-state index in [4.69, 9.17) is 9.15 Å². The van der Waals surface area contributed by atoms with Gasteiger partial charge in [0.1, 0.15) is 11.6 Å². The Bertz CT molecular complexity index is 968. The summed E-state index contributed by atoms with van der Waals surface area (Å²) in [5, 5.41) is 10.7. The van der Waals surface area contributed by atoms with Crippen LogP contribution in [0.3, 0.4) is 0 Å². The summed E-state index contributed by atoms with van der Waals surface area (Å²) in [4.78, 5) is 11.9. The van der Waals surface area contributed by atoms with Gasteiger partial charge >= 0.3 is 0 Å². The van der Waals surface area contributed by atoms with Gasteiger partial charge in [0.15, 0.2) is 6.61 Å². The van der Waals surface area contributed by atoms with Crippen molar-refractivity contribution in [1.29, 1.82) is 0 Å². The summed E-state index contributed by atoms with van der Waals surface area (Å²) in [6.45, 7) is 6.59. The third-order valence-corrected chi connectivity index (χ3v) is 4.78. The predicted molar refractivity (Wildman–Crippen MR) is 110 cm³/mol. The maximum Gasteiger partial charge on any atom is 0.277 e. The van der Waals surface area contributed by atoms with Gasteiger partial charge in [-0.15, -0.1) is 10.2 Å². The van der Waals surface area contributed by atoms with Crippen LogP contribution in [0.5, 0.6) is 5.75 Å². The van der Waals surface area contributed by atoms with Gasteiger partial charge in [-0.1, -0.05) is 50.7 Å². The molecule has 1 amide bonds. The van der Waals surface area contributed by atoms with Crippen molar-refractivity contribution in [2.75, 3.05) is 11.1 Å². The van der Waals surface area contributed by atoms with Gasteiger partial charge in [-0.05, 0) is 41.3 Å². The number of hydrogen-bond acceptors (Lipinski definition) is 6. The van der Waals surface area contributed by atoms with Gasteiger partial charge in [-0.25, -0.2) is 4.39 Å². The number of aromatic nitrogens is 2. The molecule has 3 rings (SSSR count). The third-order valence-electron chi connectivity index (χ3n) is 3.97. The van der Waals surface area contributed by atoms with Gasteiger partial charge in [0, 0.05) is 5.69 Å². The Morgan fingerprint density at radius 2 is 1.93 bits per heavy atom. The summed E-state index contributed by atoms with van der Waals surface area (Å²) in [6, 6.07) is 13.6. The summed E-state index contributed by atoms with van der Waals surface area (Å²) >= 11 is 1.10. The zero-order chi connectivity index (χ0) is 20.9. The fraction of sp³-hybridized carbons (Fsp3) is 0.286. The van der Waals surface area contributed by atoms with Gasteiger partial charge in [-0.2, -0.15) is 0 Å². The first-order chi connectivity index (χ1) is 13.8. The SMILES string of the molecule is CC(C)(C)c1ccc(OCc2nnc(SCC(=O)Nc3cccc(F)c3)o2)cc1. The molecule has 0 atom stereocenters. The minimum absolute atomic E-state index is 0.0628. The molecular weight excluding hydrogens is 393 g/mol. The highest BCUT2D eigenvalue weighted by molar-refractivity contribution is 7.99. The zero-order valence-electron chi connectivity index (χ0n) is 16.4. The zero-order valence-corrected chi connectivity index (χ0v) is 17.3. The van der Waals surface area contributed by atoms with Crippen molar-refractivity contribution >= 4 is 23.4 Å². The highest BCUT2D eigenvalue weighted by Gasteiger charge is 2.14. The maximum atomic E-state index is 13.1. The largest absolute Gasteiger partial charge is 0.484 e. The van der Waals surface area contributed by atoms with E-state index in [0.29, 0.717) is 17.3 Å². The van der Waals surface area contributed by atoms with Crippen LogP contribution in [0.4, 0.5) is 10.1 Å². The number of ether oxygens (including phenoxy) is 1. The Hall–Kier alpha value is -2.87. The van der Waals surface area contributed by atoms with Gasteiger partial charge in [0.2, 0.25) is 5.91 Å². The molecule has 0 aliphatic carbocycles. The second-order valence-electron chi connectivity index (χ2n) is 7.37. The highest BCUT2D eigenvalue weighted by atomic mass is 32.2. The number of hydrogen-bond donors (Lipinski definition) is 1. The fourth-order valence-corrected chi connectivity index (χ4v) is 3.02. The van der Waals surface area contributed by atoms with Gasteiger partial charge in [0.25, 0.3) is 11.1 Å². The second kappa shape index (κ2) is 9.09. The van der Waals surface area contributed by atoms with E-state index in [1.807, 2.05) is 24.3 Å². The molecule has 2 aromatic carbocycles. The van der Waals surface area contributed by atoms with E-state index in [9.17, 15) is 9.18 Å². The number of amides is 1. The minimum Gasteiger partial charge on any atom is -0.484 e. The number of rotatable bonds is 7. The van der Waals surface area contributed by atoms with E-state index in [2.05, 4.69) is 36.3 Å². The maximum absolute atomic E-state index is 13.1. The lowest BCUT2D eigenvalue weighted by Crippen LogP contribution is -2.14. The summed E-state index contributed by atoms with van der Waals surface area (Å²) in [5.74, 6) is 0.381. The summed E-state index contributed by atoms with van der Waals surface area (Å²) in [7, 11) is 0. The van der Waals surface area contributed by atoms with Crippen LogP contribution < -0.4 is 10.1 Å². The lowest BCUT2D eigenvalue weighted by atomic mass is 9.87. The first-order valence-electron chi connectivity index (χ1n) is 9.03. The molecule has 0 bridgehead atoms. The highest BCUT2D eigenvalue weighted by Crippen LogP contribution is 2.25. The van der Waals surface area contributed by atoms with E-state index in [1.165, 1.54) is 23.8 Å².